The lowest BCUT2D eigenvalue weighted by Gasteiger charge is -2.38. The summed E-state index contributed by atoms with van der Waals surface area (Å²) in [6.07, 6.45) is 1.96. The van der Waals surface area contributed by atoms with Gasteiger partial charge in [0.2, 0.25) is 5.90 Å². The van der Waals surface area contributed by atoms with Gasteiger partial charge in [-0.2, -0.15) is 0 Å². The Labute approximate surface area is 368 Å². The molecule has 9 rings (SSSR count). The second kappa shape index (κ2) is 15.6. The minimum absolute atomic E-state index is 0.000767. The highest BCUT2D eigenvalue weighted by atomic mass is 16.5. The molecule has 0 spiro atoms. The molecule has 0 fully saturated rings. The van der Waals surface area contributed by atoms with E-state index in [9.17, 15) is 0 Å². The van der Waals surface area contributed by atoms with Crippen LogP contribution in [-0.4, -0.2) is 27.1 Å². The molecule has 1 aliphatic rings. The average Bonchev–Trinajstić information content (AvgIpc) is 3.75. The van der Waals surface area contributed by atoms with Crippen LogP contribution in [0.15, 0.2) is 145 Å². The lowest BCUT2D eigenvalue weighted by molar-refractivity contribution is 0.0242. The fraction of sp³-hybridized carbons (Fsp3) is 0.276. The standard InChI is InChI=1S/C58H59N3O/c1-35(2)58(11)55(54(41-18-14-12-15-19-41)42-20-16-13-17-21-42)60-56(62-58)44-30-43(53-39(6)26-37(4)27-40(53)7)31-46(32-44)61-51-23-22-36(3)28-48(51)49-29-38(5)47(34-52(49)61)50-33-45(24-25-59-50)57(8,9)10/h12-35,54-55H,1-11H3/t55-,58-/m1/s1. The molecule has 0 saturated heterocycles. The predicted molar refractivity (Wildman–Crippen MR) is 261 cm³/mol. The lowest BCUT2D eigenvalue weighted by Crippen LogP contribution is -2.45. The number of hydrogen-bond acceptors (Lipinski definition) is 3. The molecule has 2 aromatic heterocycles. The van der Waals surface area contributed by atoms with Gasteiger partial charge in [0.05, 0.1) is 16.7 Å². The monoisotopic (exact) mass is 813 g/mol. The van der Waals surface area contributed by atoms with Crippen LogP contribution in [0, 0.1) is 40.5 Å². The highest BCUT2D eigenvalue weighted by molar-refractivity contribution is 6.11. The number of nitrogens with zero attached hydrogens (tertiary/aromatic N) is 3. The second-order valence-electron chi connectivity index (χ2n) is 19.4. The molecule has 2 atom stereocenters. The van der Waals surface area contributed by atoms with Gasteiger partial charge in [-0.3, -0.25) is 4.98 Å². The molecule has 4 heteroatoms. The van der Waals surface area contributed by atoms with E-state index in [0.717, 1.165) is 39.1 Å². The molecule has 6 aromatic carbocycles. The molecule has 1 aliphatic heterocycles. The molecular formula is C58H59N3O. The van der Waals surface area contributed by atoms with Gasteiger partial charge in [-0.1, -0.05) is 125 Å². The van der Waals surface area contributed by atoms with E-state index in [0.29, 0.717) is 5.90 Å². The van der Waals surface area contributed by atoms with Crippen molar-refractivity contribution in [2.45, 2.75) is 99.1 Å². The normalized spacial score (nSPS) is 16.7. The van der Waals surface area contributed by atoms with Crippen molar-refractivity contribution in [3.8, 4) is 28.1 Å². The van der Waals surface area contributed by atoms with Gasteiger partial charge < -0.3 is 9.30 Å². The molecule has 8 aromatic rings. The summed E-state index contributed by atoms with van der Waals surface area (Å²) in [5.41, 5.74) is 18.2. The summed E-state index contributed by atoms with van der Waals surface area (Å²) in [7, 11) is 0. The zero-order valence-corrected chi connectivity index (χ0v) is 38.3. The minimum Gasteiger partial charge on any atom is -0.469 e. The van der Waals surface area contributed by atoms with Gasteiger partial charge in [0.25, 0.3) is 0 Å². The van der Waals surface area contributed by atoms with Crippen LogP contribution in [0.5, 0.6) is 0 Å². The SMILES string of the molecule is Cc1cc(C)c(-c2cc(C3=N[C@H](C(c4ccccc4)c4ccccc4)[C@@](C)(C(C)C)O3)cc(-n3c4ccc(C)cc4c4cc(C)c(-c5cc(C(C)(C)C)ccn5)cc43)c2)c(C)c1. The van der Waals surface area contributed by atoms with Crippen molar-refractivity contribution in [3.63, 3.8) is 0 Å². The lowest BCUT2D eigenvalue weighted by atomic mass is 9.74. The first kappa shape index (κ1) is 41.1. The Morgan fingerprint density at radius 1 is 0.629 bits per heavy atom. The van der Waals surface area contributed by atoms with Gasteiger partial charge in [0.1, 0.15) is 11.6 Å². The molecule has 3 heterocycles. The third kappa shape index (κ3) is 7.23. The highest BCUT2D eigenvalue weighted by Gasteiger charge is 2.50. The number of aliphatic imine (C=N–C) groups is 1. The summed E-state index contributed by atoms with van der Waals surface area (Å²) in [6.45, 7) is 24.6. The van der Waals surface area contributed by atoms with Crippen LogP contribution in [0.1, 0.15) is 97.5 Å². The molecule has 0 N–H and O–H groups in total. The molecule has 0 amide bonds. The number of benzene rings is 6. The van der Waals surface area contributed by atoms with Crippen molar-refractivity contribution < 1.29 is 4.74 Å². The van der Waals surface area contributed by atoms with E-state index in [1.54, 1.807) is 0 Å². The molecule has 312 valence electrons. The zero-order valence-electron chi connectivity index (χ0n) is 38.3. The van der Waals surface area contributed by atoms with Crippen LogP contribution in [0.4, 0.5) is 0 Å². The third-order valence-electron chi connectivity index (χ3n) is 13.5. The fourth-order valence-corrected chi connectivity index (χ4v) is 9.96. The summed E-state index contributed by atoms with van der Waals surface area (Å²) >= 11 is 0. The predicted octanol–water partition coefficient (Wildman–Crippen LogP) is 14.7. The van der Waals surface area contributed by atoms with Gasteiger partial charge in [0, 0.05) is 39.7 Å². The number of fused-ring (bicyclic) bond motifs is 3. The van der Waals surface area contributed by atoms with Gasteiger partial charge in [-0.15, -0.1) is 0 Å². The number of aromatic nitrogens is 2. The number of aryl methyl sites for hydroxylation is 5. The van der Waals surface area contributed by atoms with E-state index in [1.165, 1.54) is 60.8 Å². The van der Waals surface area contributed by atoms with Gasteiger partial charge >= 0.3 is 0 Å². The summed E-state index contributed by atoms with van der Waals surface area (Å²) in [6, 6.07) is 49.1. The number of pyridine rings is 1. The van der Waals surface area contributed by atoms with Crippen LogP contribution < -0.4 is 0 Å². The van der Waals surface area contributed by atoms with Crippen molar-refractivity contribution >= 4 is 27.7 Å². The van der Waals surface area contributed by atoms with E-state index in [-0.39, 0.29) is 23.3 Å². The summed E-state index contributed by atoms with van der Waals surface area (Å²) in [4.78, 5) is 10.7. The first-order chi connectivity index (χ1) is 29.6. The highest BCUT2D eigenvalue weighted by Crippen LogP contribution is 2.46. The van der Waals surface area contributed by atoms with E-state index in [2.05, 4.69) is 214 Å². The molecule has 4 nitrogen and oxygen atoms in total. The molecule has 0 radical (unpaired) electrons. The van der Waals surface area contributed by atoms with Crippen LogP contribution in [0.2, 0.25) is 0 Å². The van der Waals surface area contributed by atoms with Crippen molar-refractivity contribution in [1.82, 2.24) is 9.55 Å². The topological polar surface area (TPSA) is 39.4 Å². The number of hydrogen-bond donors (Lipinski definition) is 0. The fourth-order valence-electron chi connectivity index (χ4n) is 9.96. The van der Waals surface area contributed by atoms with Crippen LogP contribution in [0.3, 0.4) is 0 Å². The molecule has 0 saturated carbocycles. The van der Waals surface area contributed by atoms with E-state index in [4.69, 9.17) is 14.7 Å². The maximum atomic E-state index is 7.33. The first-order valence-corrected chi connectivity index (χ1v) is 22.2. The second-order valence-corrected chi connectivity index (χ2v) is 19.4. The Kier molecular flexibility index (Phi) is 10.3. The Morgan fingerprint density at radius 2 is 1.26 bits per heavy atom. The number of ether oxygens (including phenoxy) is 1. The van der Waals surface area contributed by atoms with Gasteiger partial charge in [0.15, 0.2) is 0 Å². The summed E-state index contributed by atoms with van der Waals surface area (Å²) in [5, 5.41) is 2.46. The van der Waals surface area contributed by atoms with Crippen LogP contribution in [-0.2, 0) is 10.2 Å². The van der Waals surface area contributed by atoms with Crippen LogP contribution >= 0.6 is 0 Å². The molecule has 62 heavy (non-hydrogen) atoms. The van der Waals surface area contributed by atoms with E-state index >= 15 is 0 Å². The molecule has 0 unspecified atom stereocenters. The maximum Gasteiger partial charge on any atom is 0.217 e. The van der Waals surface area contributed by atoms with E-state index in [1.807, 2.05) is 6.20 Å². The first-order valence-electron chi connectivity index (χ1n) is 22.2. The average molecular weight is 814 g/mol. The van der Waals surface area contributed by atoms with Crippen molar-refractivity contribution in [1.29, 1.82) is 0 Å². The molecular weight excluding hydrogens is 755 g/mol. The van der Waals surface area contributed by atoms with Crippen molar-refractivity contribution in [3.05, 3.63) is 190 Å². The Bertz CT molecular complexity index is 2960. The summed E-state index contributed by atoms with van der Waals surface area (Å²) in [5.74, 6) is 0.865. The van der Waals surface area contributed by atoms with Gasteiger partial charge in [-0.05, 0) is 152 Å². The van der Waals surface area contributed by atoms with Gasteiger partial charge in [-0.25, -0.2) is 4.99 Å². The van der Waals surface area contributed by atoms with Crippen LogP contribution in [0.25, 0.3) is 49.9 Å². The molecule has 0 bridgehead atoms. The number of rotatable bonds is 8. The smallest absolute Gasteiger partial charge is 0.217 e. The Hall–Kier alpha value is -6.26. The third-order valence-corrected chi connectivity index (χ3v) is 13.5. The zero-order chi connectivity index (χ0) is 43.7. The minimum atomic E-state index is -0.580. The molecule has 0 aliphatic carbocycles. The summed E-state index contributed by atoms with van der Waals surface area (Å²) < 4.78 is 9.79. The van der Waals surface area contributed by atoms with E-state index < -0.39 is 5.60 Å². The maximum absolute atomic E-state index is 7.33. The largest absolute Gasteiger partial charge is 0.469 e. The Morgan fingerprint density at radius 3 is 1.89 bits per heavy atom. The Balaban J connectivity index is 1.32. The quantitative estimate of drug-likeness (QED) is 0.153. The van der Waals surface area contributed by atoms with Crippen molar-refractivity contribution in [2.24, 2.45) is 10.9 Å². The van der Waals surface area contributed by atoms with Crippen molar-refractivity contribution in [2.75, 3.05) is 0 Å².